The number of benzene rings is 2. The normalized spacial score (nSPS) is 16.3. The zero-order chi connectivity index (χ0) is 18.7. The van der Waals surface area contributed by atoms with Gasteiger partial charge in [0.2, 0.25) is 11.8 Å². The van der Waals surface area contributed by atoms with Crippen molar-refractivity contribution in [1.29, 1.82) is 5.26 Å². The van der Waals surface area contributed by atoms with Gasteiger partial charge in [-0.2, -0.15) is 5.26 Å². The average molecular weight is 349 g/mol. The molecule has 2 aromatic rings. The van der Waals surface area contributed by atoms with Gasteiger partial charge in [0.25, 0.3) is 0 Å². The summed E-state index contributed by atoms with van der Waals surface area (Å²) in [5, 5.41) is 9.01. The quantitative estimate of drug-likeness (QED) is 0.850. The van der Waals surface area contributed by atoms with E-state index in [9.17, 15) is 9.59 Å². The van der Waals surface area contributed by atoms with Gasteiger partial charge >= 0.3 is 0 Å². The number of hydrogen-bond acceptors (Lipinski definition) is 4. The Bertz CT molecular complexity index is 871. The zero-order valence-electron chi connectivity index (χ0n) is 14.7. The molecule has 3 rings (SSSR count). The summed E-state index contributed by atoms with van der Waals surface area (Å²) in [6.45, 7) is 0.340. The fourth-order valence-corrected chi connectivity index (χ4v) is 3.07. The SMILES string of the molecule is COc1ccc(N2CC(C(=O)N(C)c3cccc(C#N)c3)CC2=O)cc1. The van der Waals surface area contributed by atoms with Crippen LogP contribution in [0, 0.1) is 17.2 Å². The van der Waals surface area contributed by atoms with E-state index >= 15 is 0 Å². The zero-order valence-corrected chi connectivity index (χ0v) is 14.7. The number of hydrogen-bond donors (Lipinski definition) is 0. The van der Waals surface area contributed by atoms with Crippen molar-refractivity contribution in [2.75, 3.05) is 30.5 Å². The second-order valence-electron chi connectivity index (χ2n) is 6.16. The number of methoxy groups -OCH3 is 1. The molecule has 1 unspecified atom stereocenters. The van der Waals surface area contributed by atoms with Gasteiger partial charge in [0.05, 0.1) is 24.7 Å². The first kappa shape index (κ1) is 17.5. The molecule has 1 saturated heterocycles. The van der Waals surface area contributed by atoms with Crippen molar-refractivity contribution in [2.24, 2.45) is 5.92 Å². The van der Waals surface area contributed by atoms with E-state index in [1.807, 2.05) is 12.1 Å². The number of nitriles is 1. The van der Waals surface area contributed by atoms with E-state index in [0.29, 0.717) is 23.5 Å². The third-order valence-corrected chi connectivity index (χ3v) is 4.55. The first-order chi connectivity index (χ1) is 12.5. The highest BCUT2D eigenvalue weighted by molar-refractivity contribution is 6.04. The maximum atomic E-state index is 12.8. The van der Waals surface area contributed by atoms with Crippen LogP contribution in [0.3, 0.4) is 0 Å². The van der Waals surface area contributed by atoms with Gasteiger partial charge in [-0.15, -0.1) is 0 Å². The van der Waals surface area contributed by atoms with Gasteiger partial charge in [0.15, 0.2) is 0 Å². The van der Waals surface area contributed by atoms with Crippen LogP contribution in [-0.4, -0.2) is 32.5 Å². The van der Waals surface area contributed by atoms with Crippen LogP contribution < -0.4 is 14.5 Å². The second-order valence-corrected chi connectivity index (χ2v) is 6.16. The van der Waals surface area contributed by atoms with Crippen LogP contribution >= 0.6 is 0 Å². The molecule has 0 aromatic heterocycles. The maximum absolute atomic E-state index is 12.8. The summed E-state index contributed by atoms with van der Waals surface area (Å²) in [6.07, 6.45) is 0.174. The fourth-order valence-electron chi connectivity index (χ4n) is 3.07. The number of amides is 2. The minimum atomic E-state index is -0.416. The molecule has 0 aliphatic carbocycles. The summed E-state index contributed by atoms with van der Waals surface area (Å²) in [5.41, 5.74) is 1.88. The molecule has 0 radical (unpaired) electrons. The molecule has 26 heavy (non-hydrogen) atoms. The van der Waals surface area contributed by atoms with Crippen LogP contribution in [0.1, 0.15) is 12.0 Å². The topological polar surface area (TPSA) is 73.6 Å². The van der Waals surface area contributed by atoms with Crippen LogP contribution in [0.15, 0.2) is 48.5 Å². The summed E-state index contributed by atoms with van der Waals surface area (Å²) < 4.78 is 5.13. The van der Waals surface area contributed by atoms with E-state index in [-0.39, 0.29) is 18.2 Å². The molecular weight excluding hydrogens is 330 g/mol. The molecule has 2 aromatic carbocycles. The third-order valence-electron chi connectivity index (χ3n) is 4.55. The van der Waals surface area contributed by atoms with Gasteiger partial charge < -0.3 is 14.5 Å². The maximum Gasteiger partial charge on any atom is 0.232 e. The Morgan fingerprint density at radius 1 is 1.27 bits per heavy atom. The lowest BCUT2D eigenvalue weighted by molar-refractivity contribution is -0.124. The molecule has 0 N–H and O–H groups in total. The van der Waals surface area contributed by atoms with Crippen molar-refractivity contribution in [3.05, 3.63) is 54.1 Å². The molecular formula is C20H19N3O3. The van der Waals surface area contributed by atoms with Crippen LogP contribution in [-0.2, 0) is 9.59 Å². The largest absolute Gasteiger partial charge is 0.497 e. The molecule has 6 nitrogen and oxygen atoms in total. The lowest BCUT2D eigenvalue weighted by Crippen LogP contribution is -2.34. The van der Waals surface area contributed by atoms with Crippen molar-refractivity contribution in [3.63, 3.8) is 0 Å². The number of rotatable bonds is 4. The highest BCUT2D eigenvalue weighted by Gasteiger charge is 2.36. The van der Waals surface area contributed by atoms with Gasteiger partial charge in [0, 0.05) is 31.4 Å². The average Bonchev–Trinajstić information content (AvgIpc) is 3.08. The number of carbonyl (C=O) groups excluding carboxylic acids is 2. The monoisotopic (exact) mass is 349 g/mol. The second kappa shape index (κ2) is 7.28. The Labute approximate surface area is 152 Å². The number of carbonyl (C=O) groups is 2. The summed E-state index contributed by atoms with van der Waals surface area (Å²) in [4.78, 5) is 28.3. The van der Waals surface area contributed by atoms with Crippen molar-refractivity contribution in [2.45, 2.75) is 6.42 Å². The van der Waals surface area contributed by atoms with Gasteiger partial charge in [-0.1, -0.05) is 6.07 Å². The van der Waals surface area contributed by atoms with Gasteiger partial charge in [-0.05, 0) is 42.5 Å². The first-order valence-corrected chi connectivity index (χ1v) is 8.25. The van der Waals surface area contributed by atoms with Crippen LogP contribution in [0.5, 0.6) is 5.75 Å². The molecule has 1 fully saturated rings. The van der Waals surface area contributed by atoms with E-state index < -0.39 is 5.92 Å². The highest BCUT2D eigenvalue weighted by atomic mass is 16.5. The lowest BCUT2D eigenvalue weighted by Gasteiger charge is -2.22. The summed E-state index contributed by atoms with van der Waals surface area (Å²) in [7, 11) is 3.25. The molecule has 6 heteroatoms. The fraction of sp³-hybridized carbons (Fsp3) is 0.250. The van der Waals surface area contributed by atoms with E-state index in [0.717, 1.165) is 5.69 Å². The Hall–Kier alpha value is -3.33. The Balaban J connectivity index is 1.74. The molecule has 1 atom stereocenters. The molecule has 1 aliphatic rings. The third kappa shape index (κ3) is 3.38. The standard InChI is InChI=1S/C20H19N3O3/c1-22(17-5-3-4-14(10-17)12-21)20(25)15-11-19(24)23(13-15)16-6-8-18(26-2)9-7-16/h3-10,15H,11,13H2,1-2H3. The first-order valence-electron chi connectivity index (χ1n) is 8.25. The van der Waals surface area contributed by atoms with Crippen molar-refractivity contribution >= 4 is 23.2 Å². The Morgan fingerprint density at radius 2 is 2.00 bits per heavy atom. The Kier molecular flexibility index (Phi) is 4.90. The molecule has 2 amide bonds. The van der Waals surface area contributed by atoms with Gasteiger partial charge in [-0.3, -0.25) is 9.59 Å². The van der Waals surface area contributed by atoms with Crippen LogP contribution in [0.4, 0.5) is 11.4 Å². The highest BCUT2D eigenvalue weighted by Crippen LogP contribution is 2.28. The van der Waals surface area contributed by atoms with E-state index in [1.54, 1.807) is 55.5 Å². The molecule has 0 saturated carbocycles. The van der Waals surface area contributed by atoms with Gasteiger partial charge in [0.1, 0.15) is 5.75 Å². The van der Waals surface area contributed by atoms with E-state index in [1.165, 1.54) is 4.90 Å². The smallest absolute Gasteiger partial charge is 0.232 e. The number of anilines is 2. The molecule has 1 aliphatic heterocycles. The molecule has 0 spiro atoms. The summed E-state index contributed by atoms with van der Waals surface area (Å²) in [6, 6.07) is 16.1. The van der Waals surface area contributed by atoms with Crippen molar-refractivity contribution in [3.8, 4) is 11.8 Å². The lowest BCUT2D eigenvalue weighted by atomic mass is 10.1. The van der Waals surface area contributed by atoms with Crippen LogP contribution in [0.25, 0.3) is 0 Å². The van der Waals surface area contributed by atoms with Crippen molar-refractivity contribution < 1.29 is 14.3 Å². The summed E-state index contributed by atoms with van der Waals surface area (Å²) >= 11 is 0. The Morgan fingerprint density at radius 3 is 2.65 bits per heavy atom. The van der Waals surface area contributed by atoms with Crippen LogP contribution in [0.2, 0.25) is 0 Å². The predicted octanol–water partition coefficient (Wildman–Crippen LogP) is 2.58. The molecule has 0 bridgehead atoms. The van der Waals surface area contributed by atoms with E-state index in [2.05, 4.69) is 6.07 Å². The van der Waals surface area contributed by atoms with Crippen molar-refractivity contribution in [1.82, 2.24) is 0 Å². The minimum absolute atomic E-state index is 0.0762. The molecule has 132 valence electrons. The van der Waals surface area contributed by atoms with Gasteiger partial charge in [-0.25, -0.2) is 0 Å². The van der Waals surface area contributed by atoms with E-state index in [4.69, 9.17) is 10.00 Å². The number of ether oxygens (including phenoxy) is 1. The summed E-state index contributed by atoms with van der Waals surface area (Å²) in [5.74, 6) is 0.0858. The predicted molar refractivity (Wildman–Crippen MR) is 98.0 cm³/mol. The number of nitrogens with zero attached hydrogens (tertiary/aromatic N) is 3. The minimum Gasteiger partial charge on any atom is -0.497 e. The molecule has 1 heterocycles.